The van der Waals surface area contributed by atoms with Gasteiger partial charge in [0.2, 0.25) is 5.91 Å². The minimum absolute atomic E-state index is 0.118. The molecule has 0 aliphatic rings. The average molecular weight is 405 g/mol. The Labute approximate surface area is 166 Å². The minimum Gasteiger partial charge on any atom is -0.451 e. The van der Waals surface area contributed by atoms with Gasteiger partial charge in [0.25, 0.3) is 5.91 Å². The maximum atomic E-state index is 12.8. The summed E-state index contributed by atoms with van der Waals surface area (Å²) in [5.74, 6) is -0.490. The van der Waals surface area contributed by atoms with Crippen molar-refractivity contribution >= 4 is 51.7 Å². The van der Waals surface area contributed by atoms with Gasteiger partial charge >= 0.3 is 0 Å². The Morgan fingerprint density at radius 2 is 1.89 bits per heavy atom. The van der Waals surface area contributed by atoms with Crippen molar-refractivity contribution in [1.82, 2.24) is 4.90 Å². The standard InChI is InChI=1S/C20H18Cl2N2O3/c1-2-9-24(12-19(25)23-16-11-14(21)7-8-15(16)22)20(26)18-10-13-5-3-4-6-17(13)27-18/h3-8,10-11H,2,9,12H2,1H3,(H,23,25). The molecule has 27 heavy (non-hydrogen) atoms. The van der Waals surface area contributed by atoms with Gasteiger partial charge in [-0.25, -0.2) is 0 Å². The first-order valence-electron chi connectivity index (χ1n) is 8.50. The molecule has 0 fully saturated rings. The largest absolute Gasteiger partial charge is 0.451 e. The molecule has 0 unspecified atom stereocenters. The number of rotatable bonds is 6. The molecule has 3 rings (SSSR count). The van der Waals surface area contributed by atoms with Crippen LogP contribution in [-0.2, 0) is 4.79 Å². The number of hydrogen-bond donors (Lipinski definition) is 1. The molecule has 1 heterocycles. The van der Waals surface area contributed by atoms with Crippen molar-refractivity contribution in [2.45, 2.75) is 13.3 Å². The predicted molar refractivity (Wildman–Crippen MR) is 108 cm³/mol. The molecule has 0 radical (unpaired) electrons. The van der Waals surface area contributed by atoms with Crippen molar-refractivity contribution in [3.8, 4) is 0 Å². The van der Waals surface area contributed by atoms with Crippen LogP contribution >= 0.6 is 23.2 Å². The number of para-hydroxylation sites is 1. The van der Waals surface area contributed by atoms with Gasteiger partial charge in [0, 0.05) is 17.0 Å². The van der Waals surface area contributed by atoms with E-state index in [-0.39, 0.29) is 24.1 Å². The van der Waals surface area contributed by atoms with Crippen LogP contribution in [0.1, 0.15) is 23.9 Å². The van der Waals surface area contributed by atoms with Crippen molar-refractivity contribution in [2.75, 3.05) is 18.4 Å². The van der Waals surface area contributed by atoms with E-state index in [0.717, 1.165) is 5.39 Å². The third kappa shape index (κ3) is 4.62. The van der Waals surface area contributed by atoms with E-state index in [2.05, 4.69) is 5.32 Å². The van der Waals surface area contributed by atoms with Crippen LogP contribution in [-0.4, -0.2) is 29.8 Å². The van der Waals surface area contributed by atoms with Gasteiger partial charge in [-0.15, -0.1) is 0 Å². The molecule has 0 aliphatic heterocycles. The summed E-state index contributed by atoms with van der Waals surface area (Å²) < 4.78 is 5.63. The second-order valence-electron chi connectivity index (χ2n) is 6.05. The fourth-order valence-electron chi connectivity index (χ4n) is 2.72. The van der Waals surface area contributed by atoms with E-state index >= 15 is 0 Å². The van der Waals surface area contributed by atoms with Gasteiger partial charge < -0.3 is 14.6 Å². The maximum absolute atomic E-state index is 12.8. The number of benzene rings is 2. The third-order valence-electron chi connectivity index (χ3n) is 3.95. The second kappa shape index (κ2) is 8.46. The van der Waals surface area contributed by atoms with E-state index in [4.69, 9.17) is 27.6 Å². The number of amides is 2. The third-order valence-corrected chi connectivity index (χ3v) is 4.52. The lowest BCUT2D eigenvalue weighted by Gasteiger charge is -2.20. The van der Waals surface area contributed by atoms with E-state index in [0.29, 0.717) is 34.3 Å². The van der Waals surface area contributed by atoms with Gasteiger partial charge in [-0.3, -0.25) is 9.59 Å². The van der Waals surface area contributed by atoms with E-state index in [1.807, 2.05) is 25.1 Å². The number of hydrogen-bond acceptors (Lipinski definition) is 3. The fraction of sp³-hybridized carbons (Fsp3) is 0.200. The van der Waals surface area contributed by atoms with E-state index in [1.165, 1.54) is 4.90 Å². The molecule has 140 valence electrons. The Hall–Kier alpha value is -2.50. The molecular weight excluding hydrogens is 387 g/mol. The zero-order valence-corrected chi connectivity index (χ0v) is 16.2. The highest BCUT2D eigenvalue weighted by Gasteiger charge is 2.22. The predicted octanol–water partition coefficient (Wildman–Crippen LogP) is 5.23. The van der Waals surface area contributed by atoms with Gasteiger partial charge in [-0.1, -0.05) is 48.3 Å². The number of nitrogens with zero attached hydrogens (tertiary/aromatic N) is 1. The van der Waals surface area contributed by atoms with Gasteiger partial charge in [-0.2, -0.15) is 0 Å². The Balaban J connectivity index is 1.75. The summed E-state index contributed by atoms with van der Waals surface area (Å²) >= 11 is 12.0. The topological polar surface area (TPSA) is 62.6 Å². The van der Waals surface area contributed by atoms with Crippen LogP contribution in [0, 0.1) is 0 Å². The first-order chi connectivity index (χ1) is 13.0. The van der Waals surface area contributed by atoms with Crippen molar-refractivity contribution < 1.29 is 14.0 Å². The molecule has 1 aromatic heterocycles. The summed E-state index contributed by atoms with van der Waals surface area (Å²) in [5, 5.41) is 4.36. The molecule has 0 atom stereocenters. The number of furan rings is 1. The Morgan fingerprint density at radius 1 is 1.11 bits per heavy atom. The van der Waals surface area contributed by atoms with Crippen molar-refractivity contribution in [1.29, 1.82) is 0 Å². The lowest BCUT2D eigenvalue weighted by molar-refractivity contribution is -0.116. The molecule has 3 aromatic rings. The second-order valence-corrected chi connectivity index (χ2v) is 6.89. The summed E-state index contributed by atoms with van der Waals surface area (Å²) in [4.78, 5) is 26.7. The zero-order chi connectivity index (χ0) is 19.4. The highest BCUT2D eigenvalue weighted by molar-refractivity contribution is 6.35. The summed E-state index contributed by atoms with van der Waals surface area (Å²) in [6.45, 7) is 2.24. The number of carbonyl (C=O) groups excluding carboxylic acids is 2. The average Bonchev–Trinajstić information content (AvgIpc) is 3.08. The van der Waals surface area contributed by atoms with E-state index in [1.54, 1.807) is 30.3 Å². The van der Waals surface area contributed by atoms with Gasteiger partial charge in [-0.05, 0) is 36.8 Å². The minimum atomic E-state index is -0.364. The number of fused-ring (bicyclic) bond motifs is 1. The van der Waals surface area contributed by atoms with Gasteiger partial charge in [0.15, 0.2) is 5.76 Å². The normalized spacial score (nSPS) is 10.8. The summed E-state index contributed by atoms with van der Waals surface area (Å²) in [7, 11) is 0. The summed E-state index contributed by atoms with van der Waals surface area (Å²) in [6, 6.07) is 13.9. The number of nitrogens with one attached hydrogen (secondary N) is 1. The molecule has 7 heteroatoms. The van der Waals surface area contributed by atoms with Crippen LogP contribution in [0.3, 0.4) is 0 Å². The molecule has 5 nitrogen and oxygen atoms in total. The van der Waals surface area contributed by atoms with Crippen LogP contribution in [0.2, 0.25) is 10.0 Å². The fourth-order valence-corrected chi connectivity index (χ4v) is 3.06. The van der Waals surface area contributed by atoms with E-state index < -0.39 is 0 Å². The lowest BCUT2D eigenvalue weighted by atomic mass is 10.2. The molecule has 2 aromatic carbocycles. The van der Waals surface area contributed by atoms with Crippen LogP contribution in [0.4, 0.5) is 5.69 Å². The molecule has 1 N–H and O–H groups in total. The summed E-state index contributed by atoms with van der Waals surface area (Å²) in [5.41, 5.74) is 1.04. The smallest absolute Gasteiger partial charge is 0.290 e. The molecule has 0 saturated carbocycles. The Bertz CT molecular complexity index is 951. The first kappa shape index (κ1) is 19.3. The maximum Gasteiger partial charge on any atom is 0.290 e. The molecule has 0 spiro atoms. The van der Waals surface area contributed by atoms with E-state index in [9.17, 15) is 9.59 Å². The molecule has 0 aliphatic carbocycles. The highest BCUT2D eigenvalue weighted by Crippen LogP contribution is 2.25. The first-order valence-corrected chi connectivity index (χ1v) is 9.26. The molecule has 2 amide bonds. The Morgan fingerprint density at radius 3 is 2.63 bits per heavy atom. The van der Waals surface area contributed by atoms with Crippen LogP contribution in [0.25, 0.3) is 11.0 Å². The number of halogens is 2. The number of anilines is 1. The molecular formula is C20H18Cl2N2O3. The van der Waals surface area contributed by atoms with Gasteiger partial charge in [0.1, 0.15) is 12.1 Å². The quantitative estimate of drug-likeness (QED) is 0.611. The van der Waals surface area contributed by atoms with Crippen LogP contribution in [0.5, 0.6) is 0 Å². The molecule has 0 bridgehead atoms. The van der Waals surface area contributed by atoms with Crippen molar-refractivity contribution in [3.05, 3.63) is 64.3 Å². The SMILES string of the molecule is CCCN(CC(=O)Nc1cc(Cl)ccc1Cl)C(=O)c1cc2ccccc2o1. The van der Waals surface area contributed by atoms with Gasteiger partial charge in [0.05, 0.1) is 10.7 Å². The summed E-state index contributed by atoms with van der Waals surface area (Å²) in [6.07, 6.45) is 0.706. The highest BCUT2D eigenvalue weighted by atomic mass is 35.5. The molecule has 0 saturated heterocycles. The zero-order valence-electron chi connectivity index (χ0n) is 14.7. The number of carbonyl (C=O) groups is 2. The van der Waals surface area contributed by atoms with Crippen LogP contribution in [0.15, 0.2) is 52.9 Å². The van der Waals surface area contributed by atoms with Crippen LogP contribution < -0.4 is 5.32 Å². The monoisotopic (exact) mass is 404 g/mol. The Kier molecular flexibility index (Phi) is 6.04. The van der Waals surface area contributed by atoms with Crippen molar-refractivity contribution in [3.63, 3.8) is 0 Å². The van der Waals surface area contributed by atoms with Crippen molar-refractivity contribution in [2.24, 2.45) is 0 Å². The lowest BCUT2D eigenvalue weighted by Crippen LogP contribution is -2.38.